The van der Waals surface area contributed by atoms with Gasteiger partial charge in [-0.25, -0.2) is 0 Å². The van der Waals surface area contributed by atoms with Gasteiger partial charge in [-0.1, -0.05) is 60.7 Å². The fourth-order valence-corrected chi connectivity index (χ4v) is 3.55. The molecule has 0 aromatic heterocycles. The van der Waals surface area contributed by atoms with Crippen LogP contribution in [0.2, 0.25) is 0 Å². The Morgan fingerprint density at radius 2 is 1.26 bits per heavy atom. The summed E-state index contributed by atoms with van der Waals surface area (Å²) in [6.07, 6.45) is 6.28. The van der Waals surface area contributed by atoms with Gasteiger partial charge >= 0.3 is 33.0 Å². The van der Waals surface area contributed by atoms with E-state index in [-0.39, 0.29) is 7.92 Å². The third-order valence-electron chi connectivity index (χ3n) is 2.39. The summed E-state index contributed by atoms with van der Waals surface area (Å²) in [5.41, 5.74) is 0. The number of benzene rings is 2. The van der Waals surface area contributed by atoms with Crippen molar-refractivity contribution in [2.75, 3.05) is 6.16 Å². The average Bonchev–Trinajstić information content (AvgIpc) is 2.47. The molecule has 0 fully saturated rings. The Morgan fingerprint density at radius 1 is 0.895 bits per heavy atom. The Labute approximate surface area is 130 Å². The van der Waals surface area contributed by atoms with Gasteiger partial charge in [0, 0.05) is 6.16 Å². The third kappa shape index (κ3) is 5.99. The maximum absolute atomic E-state index is 5.47. The number of hydrogen-bond acceptors (Lipinski definition) is 0. The molecule has 0 amide bonds. The zero-order chi connectivity index (χ0) is 13.9. The molecule has 4 heteroatoms. The first-order chi connectivity index (χ1) is 9.33. The van der Waals surface area contributed by atoms with Crippen LogP contribution in [0.1, 0.15) is 0 Å². The van der Waals surface area contributed by atoms with Crippen LogP contribution in [-0.4, -0.2) is 6.16 Å². The second-order valence-electron chi connectivity index (χ2n) is 3.51. The van der Waals surface area contributed by atoms with E-state index in [1.54, 1.807) is 0 Å². The van der Waals surface area contributed by atoms with Gasteiger partial charge in [-0.2, -0.15) is 0 Å². The van der Waals surface area contributed by atoms with Crippen molar-refractivity contribution in [1.82, 2.24) is 0 Å². The molecule has 0 N–H and O–H groups in total. The normalized spacial score (nSPS) is 9.58. The van der Waals surface area contributed by atoms with Gasteiger partial charge in [-0.3, -0.25) is 0 Å². The van der Waals surface area contributed by atoms with Gasteiger partial charge in [0.2, 0.25) is 0 Å². The molecule has 0 heterocycles. The maximum atomic E-state index is 5.47. The molecule has 0 aliphatic heterocycles. The zero-order valence-corrected chi connectivity index (χ0v) is 13.5. The average molecular weight is 354 g/mol. The van der Waals surface area contributed by atoms with Crippen molar-refractivity contribution in [1.29, 1.82) is 0 Å². The van der Waals surface area contributed by atoms with Crippen LogP contribution in [0.25, 0.3) is 0 Å². The fraction of sp³-hybridized carbons (Fsp3) is 0.0667. The van der Waals surface area contributed by atoms with E-state index >= 15 is 0 Å². The van der Waals surface area contributed by atoms with E-state index in [1.807, 2.05) is 12.1 Å². The molecular formula is C15H13Cl2NiP. The number of hydrogen-bond donors (Lipinski definition) is 0. The molecule has 0 unspecified atom stereocenters. The summed E-state index contributed by atoms with van der Waals surface area (Å²) < 4.78 is 0. The van der Waals surface area contributed by atoms with E-state index in [1.165, 1.54) is 10.6 Å². The van der Waals surface area contributed by atoms with Crippen molar-refractivity contribution in [3.63, 3.8) is 0 Å². The van der Waals surface area contributed by atoms with Crippen molar-refractivity contribution >= 4 is 38.9 Å². The zero-order valence-electron chi connectivity index (χ0n) is 10.1. The SMILES string of the molecule is C#CCP(c1ccccc1)c1ccccc1.[Cl][Ni][Cl]. The number of rotatable bonds is 3. The molecule has 102 valence electrons. The Balaban J connectivity index is 0.000000550. The van der Waals surface area contributed by atoms with Crippen molar-refractivity contribution in [2.45, 2.75) is 0 Å². The summed E-state index contributed by atoms with van der Waals surface area (Å²) in [5, 5.41) is 2.70. The van der Waals surface area contributed by atoms with Crippen molar-refractivity contribution in [2.24, 2.45) is 0 Å². The Bertz CT molecular complexity index is 457. The molecule has 0 saturated heterocycles. The predicted octanol–water partition coefficient (Wildman–Crippen LogP) is 4.13. The Hall–Kier alpha value is -0.496. The molecule has 0 aliphatic carbocycles. The second-order valence-corrected chi connectivity index (χ2v) is 7.34. The van der Waals surface area contributed by atoms with Crippen molar-refractivity contribution < 1.29 is 12.7 Å². The molecule has 0 aliphatic rings. The molecule has 0 atom stereocenters. The monoisotopic (exact) mass is 352 g/mol. The molecule has 0 nitrogen and oxygen atoms in total. The van der Waals surface area contributed by atoms with Gasteiger partial charge in [-0.05, 0) is 18.5 Å². The van der Waals surface area contributed by atoms with Crippen LogP contribution < -0.4 is 10.6 Å². The minimum atomic E-state index is -0.387. The van der Waals surface area contributed by atoms with Gasteiger partial charge in [0.25, 0.3) is 0 Å². The standard InChI is InChI=1S/C15H13P.2ClH.Ni/c1-2-13-16(14-9-5-3-6-10-14)15-11-7-4-8-12-15;;;/h1,3-12H,13H2;2*1H;/q;;;+2/p-2. The molecule has 2 aromatic carbocycles. The van der Waals surface area contributed by atoms with Gasteiger partial charge < -0.3 is 0 Å². The first kappa shape index (κ1) is 16.6. The molecule has 0 spiro atoms. The Morgan fingerprint density at radius 3 is 1.58 bits per heavy atom. The summed E-state index contributed by atoms with van der Waals surface area (Å²) in [6, 6.07) is 21.0. The van der Waals surface area contributed by atoms with E-state index in [9.17, 15) is 0 Å². The van der Waals surface area contributed by atoms with E-state index in [0.29, 0.717) is 12.7 Å². The van der Waals surface area contributed by atoms with Gasteiger partial charge in [-0.15, -0.1) is 12.3 Å². The van der Waals surface area contributed by atoms with Gasteiger partial charge in [0.1, 0.15) is 0 Å². The van der Waals surface area contributed by atoms with Gasteiger partial charge in [0.15, 0.2) is 0 Å². The predicted molar refractivity (Wildman–Crippen MR) is 84.5 cm³/mol. The summed E-state index contributed by atoms with van der Waals surface area (Å²) in [5.74, 6) is 2.79. The summed E-state index contributed by atoms with van der Waals surface area (Å²) >= 11 is 0.569. The summed E-state index contributed by atoms with van der Waals surface area (Å²) in [4.78, 5) is 0. The molecule has 2 rings (SSSR count). The molecule has 0 saturated carbocycles. The van der Waals surface area contributed by atoms with Crippen molar-refractivity contribution in [3.05, 3.63) is 60.7 Å². The minimum absolute atomic E-state index is 0.387. The van der Waals surface area contributed by atoms with Crippen LogP contribution in [0.3, 0.4) is 0 Å². The first-order valence-corrected chi connectivity index (χ1v) is 9.71. The van der Waals surface area contributed by atoms with E-state index in [0.717, 1.165) is 6.16 Å². The Kier molecular flexibility index (Phi) is 8.98. The van der Waals surface area contributed by atoms with Crippen LogP contribution in [0, 0.1) is 12.3 Å². The molecule has 0 bridgehead atoms. The van der Waals surface area contributed by atoms with E-state index < -0.39 is 0 Å². The summed E-state index contributed by atoms with van der Waals surface area (Å²) in [7, 11) is 9.02. The van der Waals surface area contributed by atoms with Crippen LogP contribution in [-0.2, 0) is 12.7 Å². The molecule has 19 heavy (non-hydrogen) atoms. The van der Waals surface area contributed by atoms with Crippen LogP contribution >= 0.6 is 28.3 Å². The van der Waals surface area contributed by atoms with Crippen LogP contribution in [0.4, 0.5) is 0 Å². The molecule has 2 aromatic rings. The fourth-order valence-electron chi connectivity index (χ4n) is 1.64. The molecular weight excluding hydrogens is 341 g/mol. The number of terminal acetylenes is 1. The second kappa shape index (κ2) is 10.3. The van der Waals surface area contributed by atoms with Gasteiger partial charge in [0.05, 0.1) is 0 Å². The third-order valence-corrected chi connectivity index (χ3v) is 4.73. The van der Waals surface area contributed by atoms with Crippen LogP contribution in [0.15, 0.2) is 60.7 Å². The first-order valence-electron chi connectivity index (χ1n) is 5.47. The molecule has 0 radical (unpaired) electrons. The van der Waals surface area contributed by atoms with Crippen molar-refractivity contribution in [3.8, 4) is 12.3 Å². The summed E-state index contributed by atoms with van der Waals surface area (Å²) in [6.45, 7) is 0. The quantitative estimate of drug-likeness (QED) is 0.442. The van der Waals surface area contributed by atoms with E-state index in [2.05, 4.69) is 54.5 Å². The topological polar surface area (TPSA) is 0 Å². The van der Waals surface area contributed by atoms with E-state index in [4.69, 9.17) is 26.8 Å². The number of halogens is 2. The van der Waals surface area contributed by atoms with Crippen LogP contribution in [0.5, 0.6) is 0 Å².